The molecule has 26 heavy (non-hydrogen) atoms. The third-order valence-electron chi connectivity index (χ3n) is 4.20. The number of aromatic nitrogens is 1. The average Bonchev–Trinajstić information content (AvgIpc) is 2.63. The highest BCUT2D eigenvalue weighted by Gasteiger charge is 2.20. The van der Waals surface area contributed by atoms with Crippen LogP contribution in [0.25, 0.3) is 0 Å². The smallest absolute Gasteiger partial charge is 0.191 e. The maximum Gasteiger partial charge on any atom is 0.191 e. The number of nitrogens with one attached hydrogen (secondary N) is 2. The molecule has 6 heteroatoms. The van der Waals surface area contributed by atoms with Gasteiger partial charge in [-0.2, -0.15) is 0 Å². The van der Waals surface area contributed by atoms with Crippen molar-refractivity contribution in [3.8, 4) is 0 Å². The molecule has 0 radical (unpaired) electrons. The number of hydrogen-bond donors (Lipinski definition) is 2. The first kappa shape index (κ1) is 22.2. The van der Waals surface area contributed by atoms with Crippen molar-refractivity contribution in [3.05, 3.63) is 59.8 Å². The highest BCUT2D eigenvalue weighted by molar-refractivity contribution is 14.0. The minimum Gasteiger partial charge on any atom is -0.363 e. The fourth-order valence-corrected chi connectivity index (χ4v) is 2.52. The van der Waals surface area contributed by atoms with Crippen molar-refractivity contribution in [2.24, 2.45) is 4.99 Å². The van der Waals surface area contributed by atoms with E-state index in [0.717, 1.165) is 18.3 Å². The van der Waals surface area contributed by atoms with E-state index in [2.05, 4.69) is 64.8 Å². The Morgan fingerprint density at radius 2 is 1.81 bits per heavy atom. The molecule has 1 aromatic carbocycles. The summed E-state index contributed by atoms with van der Waals surface area (Å²) in [5.41, 5.74) is 2.50. The van der Waals surface area contributed by atoms with Crippen LogP contribution >= 0.6 is 24.0 Å². The van der Waals surface area contributed by atoms with Crippen LogP contribution in [0.4, 0.5) is 5.82 Å². The summed E-state index contributed by atoms with van der Waals surface area (Å²) in [4.78, 5) is 10.7. The van der Waals surface area contributed by atoms with Crippen LogP contribution in [0.3, 0.4) is 0 Å². The van der Waals surface area contributed by atoms with Gasteiger partial charge in [-0.15, -0.1) is 24.0 Å². The lowest BCUT2D eigenvalue weighted by Gasteiger charge is -2.26. The van der Waals surface area contributed by atoms with E-state index in [0.29, 0.717) is 6.54 Å². The topological polar surface area (TPSA) is 52.6 Å². The van der Waals surface area contributed by atoms with Crippen LogP contribution in [0.2, 0.25) is 0 Å². The summed E-state index contributed by atoms with van der Waals surface area (Å²) in [6, 6.07) is 14.6. The van der Waals surface area contributed by atoms with E-state index < -0.39 is 0 Å². The molecule has 0 saturated carbocycles. The Balaban J connectivity index is 0.00000338. The molecule has 142 valence electrons. The van der Waals surface area contributed by atoms with Gasteiger partial charge in [-0.3, -0.25) is 4.99 Å². The van der Waals surface area contributed by atoms with Crippen LogP contribution in [-0.2, 0) is 12.0 Å². The van der Waals surface area contributed by atoms with Crippen molar-refractivity contribution in [2.75, 3.05) is 32.6 Å². The van der Waals surface area contributed by atoms with Gasteiger partial charge in [-0.1, -0.05) is 44.2 Å². The molecule has 2 N–H and O–H groups in total. The molecule has 0 spiro atoms. The molecular formula is C20H30IN5. The zero-order valence-corrected chi connectivity index (χ0v) is 18.6. The fourth-order valence-electron chi connectivity index (χ4n) is 2.52. The monoisotopic (exact) mass is 467 g/mol. The number of halogens is 1. The Labute approximate surface area is 174 Å². The first-order valence-corrected chi connectivity index (χ1v) is 8.54. The highest BCUT2D eigenvalue weighted by Crippen LogP contribution is 2.21. The third-order valence-corrected chi connectivity index (χ3v) is 4.20. The average molecular weight is 467 g/mol. The van der Waals surface area contributed by atoms with E-state index in [-0.39, 0.29) is 29.4 Å². The molecule has 1 aromatic heterocycles. The molecule has 0 fully saturated rings. The summed E-state index contributed by atoms with van der Waals surface area (Å²) in [7, 11) is 5.78. The first-order valence-electron chi connectivity index (χ1n) is 8.54. The molecule has 0 aliphatic heterocycles. The zero-order valence-electron chi connectivity index (χ0n) is 16.3. The second kappa shape index (κ2) is 10.4. The second-order valence-electron chi connectivity index (χ2n) is 6.95. The molecule has 0 atom stereocenters. The molecule has 0 unspecified atom stereocenters. The number of rotatable bonds is 6. The summed E-state index contributed by atoms with van der Waals surface area (Å²) in [6.45, 7) is 5.97. The zero-order chi connectivity index (χ0) is 18.3. The van der Waals surface area contributed by atoms with Gasteiger partial charge in [0.2, 0.25) is 0 Å². The molecule has 2 rings (SSSR count). The lowest BCUT2D eigenvalue weighted by molar-refractivity contribution is 0.508. The van der Waals surface area contributed by atoms with Crippen molar-refractivity contribution >= 4 is 35.8 Å². The highest BCUT2D eigenvalue weighted by atomic mass is 127. The van der Waals surface area contributed by atoms with Crippen LogP contribution < -0.4 is 15.5 Å². The van der Waals surface area contributed by atoms with Gasteiger partial charge in [0.05, 0.1) is 0 Å². The predicted molar refractivity (Wildman–Crippen MR) is 122 cm³/mol. The fraction of sp³-hybridized carbons (Fsp3) is 0.400. The number of pyridine rings is 1. The molecule has 2 aromatic rings. The van der Waals surface area contributed by atoms with Crippen LogP contribution in [0.5, 0.6) is 0 Å². The van der Waals surface area contributed by atoms with E-state index >= 15 is 0 Å². The molecule has 0 saturated heterocycles. The SMILES string of the molecule is CN=C(NCc1ccnc(N(C)C)c1)NCC(C)(C)c1ccccc1.I. The molecule has 0 aliphatic rings. The van der Waals surface area contributed by atoms with Gasteiger partial charge in [0, 0.05) is 45.8 Å². The second-order valence-corrected chi connectivity index (χ2v) is 6.95. The van der Waals surface area contributed by atoms with Gasteiger partial charge in [-0.25, -0.2) is 4.98 Å². The summed E-state index contributed by atoms with van der Waals surface area (Å²) in [5, 5.41) is 6.80. The summed E-state index contributed by atoms with van der Waals surface area (Å²) >= 11 is 0. The van der Waals surface area contributed by atoms with E-state index in [1.807, 2.05) is 37.3 Å². The van der Waals surface area contributed by atoms with Crippen LogP contribution in [-0.4, -0.2) is 38.6 Å². The number of hydrogen-bond acceptors (Lipinski definition) is 3. The number of aliphatic imine (C=N–C) groups is 1. The van der Waals surface area contributed by atoms with E-state index in [1.165, 1.54) is 11.1 Å². The molecule has 0 amide bonds. The maximum absolute atomic E-state index is 4.34. The maximum atomic E-state index is 4.34. The van der Waals surface area contributed by atoms with Gasteiger partial charge >= 0.3 is 0 Å². The number of guanidine groups is 1. The lowest BCUT2D eigenvalue weighted by Crippen LogP contribution is -2.43. The number of benzene rings is 1. The van der Waals surface area contributed by atoms with Gasteiger partial charge in [0.1, 0.15) is 5.82 Å². The van der Waals surface area contributed by atoms with Gasteiger partial charge in [0.15, 0.2) is 5.96 Å². The van der Waals surface area contributed by atoms with Crippen molar-refractivity contribution in [1.82, 2.24) is 15.6 Å². The van der Waals surface area contributed by atoms with Crippen LogP contribution in [0, 0.1) is 0 Å². The van der Waals surface area contributed by atoms with Crippen molar-refractivity contribution < 1.29 is 0 Å². The summed E-state index contributed by atoms with van der Waals surface area (Å²) in [5.74, 6) is 1.75. The van der Waals surface area contributed by atoms with E-state index in [1.54, 1.807) is 7.05 Å². The Kier molecular flexibility index (Phi) is 8.84. The van der Waals surface area contributed by atoms with Crippen molar-refractivity contribution in [3.63, 3.8) is 0 Å². The first-order chi connectivity index (χ1) is 11.9. The van der Waals surface area contributed by atoms with Gasteiger partial charge in [0.25, 0.3) is 0 Å². The Bertz CT molecular complexity index is 698. The third kappa shape index (κ3) is 6.48. The van der Waals surface area contributed by atoms with E-state index in [9.17, 15) is 0 Å². The molecule has 5 nitrogen and oxygen atoms in total. The standard InChI is InChI=1S/C20H29N5.HI/c1-20(2,17-9-7-6-8-10-17)15-24-19(21-3)23-14-16-11-12-22-18(13-16)25(4)5;/h6-13H,14-15H2,1-5H3,(H2,21,23,24);1H. The minimum atomic E-state index is 0. The Morgan fingerprint density at radius 1 is 1.12 bits per heavy atom. The van der Waals surface area contributed by atoms with E-state index in [4.69, 9.17) is 0 Å². The Morgan fingerprint density at radius 3 is 2.42 bits per heavy atom. The predicted octanol–water partition coefficient (Wildman–Crippen LogP) is 3.41. The normalized spacial score (nSPS) is 11.5. The van der Waals surface area contributed by atoms with Gasteiger partial charge < -0.3 is 15.5 Å². The summed E-state index contributed by atoms with van der Waals surface area (Å²) < 4.78 is 0. The van der Waals surface area contributed by atoms with Gasteiger partial charge in [-0.05, 0) is 23.3 Å². The lowest BCUT2D eigenvalue weighted by atomic mass is 9.85. The molecular weight excluding hydrogens is 437 g/mol. The number of anilines is 1. The van der Waals surface area contributed by atoms with Crippen LogP contribution in [0.1, 0.15) is 25.0 Å². The van der Waals surface area contributed by atoms with Crippen molar-refractivity contribution in [1.29, 1.82) is 0 Å². The van der Waals surface area contributed by atoms with Crippen LogP contribution in [0.15, 0.2) is 53.7 Å². The largest absolute Gasteiger partial charge is 0.363 e. The van der Waals surface area contributed by atoms with Crippen molar-refractivity contribution in [2.45, 2.75) is 25.8 Å². The molecule has 0 bridgehead atoms. The Hall–Kier alpha value is -1.83. The summed E-state index contributed by atoms with van der Waals surface area (Å²) in [6.07, 6.45) is 1.83. The number of nitrogens with zero attached hydrogens (tertiary/aromatic N) is 3. The molecule has 1 heterocycles. The quantitative estimate of drug-likeness (QED) is 0.389. The minimum absolute atomic E-state index is 0. The molecule has 0 aliphatic carbocycles.